The first-order valence-electron chi connectivity index (χ1n) is 7.34. The fourth-order valence-electron chi connectivity index (χ4n) is 2.25. The molecule has 0 radical (unpaired) electrons. The smallest absolute Gasteiger partial charge is 0.241 e. The van der Waals surface area contributed by atoms with Crippen molar-refractivity contribution in [3.63, 3.8) is 0 Å². The van der Waals surface area contributed by atoms with E-state index < -0.39 is 0 Å². The summed E-state index contributed by atoms with van der Waals surface area (Å²) in [6.45, 7) is 2.38. The lowest BCUT2D eigenvalue weighted by molar-refractivity contribution is -0.122. The molecule has 0 aliphatic heterocycles. The van der Waals surface area contributed by atoms with Gasteiger partial charge in [-0.3, -0.25) is 9.48 Å². The third-order valence-corrected chi connectivity index (χ3v) is 3.56. The van der Waals surface area contributed by atoms with E-state index in [0.717, 1.165) is 18.5 Å². The van der Waals surface area contributed by atoms with Crippen LogP contribution in [0, 0.1) is 0 Å². The van der Waals surface area contributed by atoms with Gasteiger partial charge in [-0.15, -0.1) is 0 Å². The molecule has 1 amide bonds. The summed E-state index contributed by atoms with van der Waals surface area (Å²) in [5.41, 5.74) is 2.14. The largest absolute Gasteiger partial charge is 0.376 e. The molecule has 1 saturated carbocycles. The van der Waals surface area contributed by atoms with Crippen LogP contribution >= 0.6 is 0 Å². The van der Waals surface area contributed by atoms with Crippen LogP contribution in [0.4, 0.5) is 5.69 Å². The first-order valence-corrected chi connectivity index (χ1v) is 7.34. The van der Waals surface area contributed by atoms with Gasteiger partial charge in [-0.1, -0.05) is 30.3 Å². The third kappa shape index (κ3) is 3.84. The Bertz CT molecular complexity index is 604. The summed E-state index contributed by atoms with van der Waals surface area (Å²) in [6.07, 6.45) is 5.83. The molecule has 1 aliphatic rings. The molecule has 5 nitrogen and oxygen atoms in total. The van der Waals surface area contributed by atoms with Crippen LogP contribution in [0.1, 0.15) is 31.4 Å². The number of amides is 1. The van der Waals surface area contributed by atoms with E-state index in [0.29, 0.717) is 6.04 Å². The molecular formula is C16H20N4O. The highest BCUT2D eigenvalue weighted by Crippen LogP contribution is 2.19. The molecule has 1 atom stereocenters. The van der Waals surface area contributed by atoms with E-state index in [1.54, 1.807) is 10.9 Å². The Morgan fingerprint density at radius 1 is 1.38 bits per heavy atom. The first-order chi connectivity index (χ1) is 10.2. The van der Waals surface area contributed by atoms with Crippen LogP contribution < -0.4 is 10.6 Å². The number of aromatic nitrogens is 2. The van der Waals surface area contributed by atoms with Crippen LogP contribution in [0.3, 0.4) is 0 Å². The maximum Gasteiger partial charge on any atom is 0.241 e. The van der Waals surface area contributed by atoms with Crippen LogP contribution in [-0.2, 0) is 11.3 Å². The number of hydrogen-bond donors (Lipinski definition) is 2. The van der Waals surface area contributed by atoms with Crippen LogP contribution in [0.25, 0.3) is 0 Å². The van der Waals surface area contributed by atoms with E-state index in [4.69, 9.17) is 0 Å². The summed E-state index contributed by atoms with van der Waals surface area (Å²) >= 11 is 0. The molecule has 1 unspecified atom stereocenters. The average Bonchev–Trinajstić information content (AvgIpc) is 3.19. The van der Waals surface area contributed by atoms with Gasteiger partial charge in [0.15, 0.2) is 0 Å². The molecule has 21 heavy (non-hydrogen) atoms. The Kier molecular flexibility index (Phi) is 3.90. The molecule has 110 valence electrons. The van der Waals surface area contributed by atoms with Gasteiger partial charge in [0.05, 0.1) is 11.9 Å². The zero-order chi connectivity index (χ0) is 14.7. The standard InChI is InChI=1S/C16H20N4O/c1-12(13-5-3-2-4-6-13)18-15-9-17-20(10-15)11-16(21)19-14-7-8-14/h2-6,9-10,12,14,18H,7-8,11H2,1H3,(H,19,21). The molecule has 0 bridgehead atoms. The highest BCUT2D eigenvalue weighted by molar-refractivity contribution is 5.76. The summed E-state index contributed by atoms with van der Waals surface area (Å²) in [5, 5.41) is 10.6. The summed E-state index contributed by atoms with van der Waals surface area (Å²) in [5.74, 6) is 0.0308. The van der Waals surface area contributed by atoms with Crippen molar-refractivity contribution in [3.05, 3.63) is 48.3 Å². The Morgan fingerprint density at radius 3 is 2.86 bits per heavy atom. The zero-order valence-corrected chi connectivity index (χ0v) is 12.1. The predicted octanol–water partition coefficient (Wildman–Crippen LogP) is 2.33. The van der Waals surface area contributed by atoms with Crippen LogP contribution in [-0.4, -0.2) is 21.7 Å². The summed E-state index contributed by atoms with van der Waals surface area (Å²) in [7, 11) is 0. The number of carbonyl (C=O) groups excluding carboxylic acids is 1. The number of carbonyl (C=O) groups is 1. The quantitative estimate of drug-likeness (QED) is 0.856. The van der Waals surface area contributed by atoms with Crippen LogP contribution in [0.5, 0.6) is 0 Å². The number of anilines is 1. The van der Waals surface area contributed by atoms with E-state index in [2.05, 4.69) is 34.8 Å². The van der Waals surface area contributed by atoms with E-state index in [1.807, 2.05) is 24.4 Å². The van der Waals surface area contributed by atoms with Crippen molar-refractivity contribution in [2.75, 3.05) is 5.32 Å². The van der Waals surface area contributed by atoms with Crippen molar-refractivity contribution in [3.8, 4) is 0 Å². The van der Waals surface area contributed by atoms with Crippen LogP contribution in [0.15, 0.2) is 42.7 Å². The Hall–Kier alpha value is -2.30. The van der Waals surface area contributed by atoms with Gasteiger partial charge in [0, 0.05) is 18.3 Å². The van der Waals surface area contributed by atoms with Gasteiger partial charge in [0.1, 0.15) is 6.54 Å². The first kappa shape index (κ1) is 13.7. The van der Waals surface area contributed by atoms with Gasteiger partial charge < -0.3 is 10.6 Å². The highest BCUT2D eigenvalue weighted by Gasteiger charge is 2.23. The molecule has 5 heteroatoms. The van der Waals surface area contributed by atoms with Crippen molar-refractivity contribution in [2.24, 2.45) is 0 Å². The number of rotatable bonds is 6. The predicted molar refractivity (Wildman–Crippen MR) is 81.9 cm³/mol. The van der Waals surface area contributed by atoms with E-state index in [-0.39, 0.29) is 18.5 Å². The van der Waals surface area contributed by atoms with E-state index in [9.17, 15) is 4.79 Å². The maximum atomic E-state index is 11.7. The van der Waals surface area contributed by atoms with Crippen molar-refractivity contribution >= 4 is 11.6 Å². The number of benzene rings is 1. The average molecular weight is 284 g/mol. The van der Waals surface area contributed by atoms with Crippen molar-refractivity contribution in [1.29, 1.82) is 0 Å². The third-order valence-electron chi connectivity index (χ3n) is 3.56. The fourth-order valence-corrected chi connectivity index (χ4v) is 2.25. The van der Waals surface area contributed by atoms with Gasteiger partial charge in [0.2, 0.25) is 5.91 Å². The molecule has 2 N–H and O–H groups in total. The highest BCUT2D eigenvalue weighted by atomic mass is 16.2. The zero-order valence-electron chi connectivity index (χ0n) is 12.1. The minimum Gasteiger partial charge on any atom is -0.376 e. The number of hydrogen-bond acceptors (Lipinski definition) is 3. The Balaban J connectivity index is 1.55. The summed E-state index contributed by atoms with van der Waals surface area (Å²) in [6, 6.07) is 10.8. The number of nitrogens with zero attached hydrogens (tertiary/aromatic N) is 2. The van der Waals surface area contributed by atoms with E-state index in [1.165, 1.54) is 5.56 Å². The molecule has 0 spiro atoms. The SMILES string of the molecule is CC(Nc1cnn(CC(=O)NC2CC2)c1)c1ccccc1. The summed E-state index contributed by atoms with van der Waals surface area (Å²) < 4.78 is 1.66. The van der Waals surface area contributed by atoms with Gasteiger partial charge in [-0.25, -0.2) is 0 Å². The molecule has 1 heterocycles. The lowest BCUT2D eigenvalue weighted by atomic mass is 10.1. The van der Waals surface area contributed by atoms with Gasteiger partial charge in [-0.05, 0) is 25.3 Å². The molecule has 1 aliphatic carbocycles. The lowest BCUT2D eigenvalue weighted by Gasteiger charge is -2.13. The van der Waals surface area contributed by atoms with Gasteiger partial charge in [-0.2, -0.15) is 5.10 Å². The molecule has 2 aromatic rings. The van der Waals surface area contributed by atoms with Gasteiger partial charge >= 0.3 is 0 Å². The van der Waals surface area contributed by atoms with Crippen molar-refractivity contribution < 1.29 is 4.79 Å². The molecule has 3 rings (SSSR count). The van der Waals surface area contributed by atoms with Crippen LogP contribution in [0.2, 0.25) is 0 Å². The molecule has 1 fully saturated rings. The maximum absolute atomic E-state index is 11.7. The Labute approximate surface area is 124 Å². The van der Waals surface area contributed by atoms with Crippen molar-refractivity contribution in [2.45, 2.75) is 38.4 Å². The molecule has 0 saturated heterocycles. The van der Waals surface area contributed by atoms with Gasteiger partial charge in [0.25, 0.3) is 0 Å². The normalized spacial score (nSPS) is 15.5. The van der Waals surface area contributed by atoms with E-state index >= 15 is 0 Å². The summed E-state index contributed by atoms with van der Waals surface area (Å²) in [4.78, 5) is 11.7. The second-order valence-electron chi connectivity index (χ2n) is 5.55. The topological polar surface area (TPSA) is 59.0 Å². The number of nitrogens with one attached hydrogen (secondary N) is 2. The minimum absolute atomic E-state index is 0.0308. The molecule has 1 aromatic carbocycles. The monoisotopic (exact) mass is 284 g/mol. The second-order valence-corrected chi connectivity index (χ2v) is 5.55. The fraction of sp³-hybridized carbons (Fsp3) is 0.375. The molecular weight excluding hydrogens is 264 g/mol. The Morgan fingerprint density at radius 2 is 2.14 bits per heavy atom. The second kappa shape index (κ2) is 5.99. The minimum atomic E-state index is 0.0308. The van der Waals surface area contributed by atoms with Crippen molar-refractivity contribution in [1.82, 2.24) is 15.1 Å². The molecule has 1 aromatic heterocycles. The lowest BCUT2D eigenvalue weighted by Crippen LogP contribution is -2.29.